The fraction of sp³-hybridized carbons (Fsp3) is 0.533. The Morgan fingerprint density at radius 2 is 2.11 bits per heavy atom. The quantitative estimate of drug-likeness (QED) is 0.873. The summed E-state index contributed by atoms with van der Waals surface area (Å²) < 4.78 is 0. The number of benzene rings is 1. The predicted molar refractivity (Wildman–Crippen MR) is 76.3 cm³/mol. The van der Waals surface area contributed by atoms with E-state index < -0.39 is 0 Å². The highest BCUT2D eigenvalue weighted by Gasteiger charge is 2.30. The van der Waals surface area contributed by atoms with Gasteiger partial charge in [-0.05, 0) is 30.0 Å². The highest BCUT2D eigenvalue weighted by Crippen LogP contribution is 2.31. The van der Waals surface area contributed by atoms with Gasteiger partial charge in [0, 0.05) is 24.2 Å². The molecule has 3 nitrogen and oxygen atoms in total. The van der Waals surface area contributed by atoms with E-state index >= 15 is 0 Å². The third-order valence-electron chi connectivity index (χ3n) is 4.17. The number of hydrogen-bond acceptors (Lipinski definition) is 2. The fourth-order valence-electron chi connectivity index (χ4n) is 3.18. The zero-order valence-electron chi connectivity index (χ0n) is 10.9. The fourth-order valence-corrected chi connectivity index (χ4v) is 3.50. The summed E-state index contributed by atoms with van der Waals surface area (Å²) >= 11 is 6.29. The topological polar surface area (TPSA) is 41.1 Å². The molecule has 1 unspecified atom stereocenters. The Bertz CT molecular complexity index is 483. The van der Waals surface area contributed by atoms with Gasteiger partial charge < -0.3 is 10.6 Å². The Kier molecular flexibility index (Phi) is 3.76. The summed E-state index contributed by atoms with van der Waals surface area (Å²) in [5, 5.41) is 7.20. The molecular weight excluding hydrogens is 260 g/mol. The summed E-state index contributed by atoms with van der Waals surface area (Å²) in [6, 6.07) is 6.23. The molecule has 4 heteroatoms. The smallest absolute Gasteiger partial charge is 0.229 e. The van der Waals surface area contributed by atoms with Crippen LogP contribution in [0.4, 0.5) is 0 Å². The summed E-state index contributed by atoms with van der Waals surface area (Å²) in [4.78, 5) is 12.5. The second-order valence-electron chi connectivity index (χ2n) is 5.49. The Morgan fingerprint density at radius 1 is 1.32 bits per heavy atom. The average molecular weight is 279 g/mol. The minimum atomic E-state index is -0.155. The Hall–Kier alpha value is -1.06. The predicted octanol–water partition coefficient (Wildman–Crippen LogP) is 2.59. The molecule has 1 atom stereocenters. The molecular formula is C15H19ClN2O. The maximum Gasteiger partial charge on any atom is 0.229 e. The molecule has 102 valence electrons. The first kappa shape index (κ1) is 12.9. The van der Waals surface area contributed by atoms with E-state index in [0.29, 0.717) is 17.6 Å². The number of fused-ring (bicyclic) bond motifs is 1. The monoisotopic (exact) mass is 278 g/mol. The van der Waals surface area contributed by atoms with E-state index in [1.54, 1.807) is 0 Å². The maximum absolute atomic E-state index is 12.5. The number of amides is 1. The van der Waals surface area contributed by atoms with Gasteiger partial charge in [-0.25, -0.2) is 0 Å². The van der Waals surface area contributed by atoms with Crippen LogP contribution in [0.2, 0.25) is 5.02 Å². The largest absolute Gasteiger partial charge is 0.353 e. The average Bonchev–Trinajstić information content (AvgIpc) is 2.91. The van der Waals surface area contributed by atoms with Crippen LogP contribution in [-0.4, -0.2) is 18.5 Å². The summed E-state index contributed by atoms with van der Waals surface area (Å²) in [7, 11) is 0. The molecule has 0 bridgehead atoms. The normalized spacial score (nSPS) is 23.1. The van der Waals surface area contributed by atoms with Crippen molar-refractivity contribution in [2.24, 2.45) is 0 Å². The minimum Gasteiger partial charge on any atom is -0.353 e. The van der Waals surface area contributed by atoms with Crippen molar-refractivity contribution in [3.05, 3.63) is 34.3 Å². The Balaban J connectivity index is 1.80. The molecule has 1 aliphatic carbocycles. The lowest BCUT2D eigenvalue weighted by molar-refractivity contribution is -0.123. The van der Waals surface area contributed by atoms with E-state index in [-0.39, 0.29) is 11.8 Å². The molecule has 0 spiro atoms. The van der Waals surface area contributed by atoms with Crippen molar-refractivity contribution in [3.8, 4) is 0 Å². The first-order chi connectivity index (χ1) is 9.25. The zero-order valence-corrected chi connectivity index (χ0v) is 11.7. The highest BCUT2D eigenvalue weighted by molar-refractivity contribution is 6.31. The van der Waals surface area contributed by atoms with Crippen molar-refractivity contribution < 1.29 is 4.79 Å². The number of hydrogen-bond donors (Lipinski definition) is 2. The molecule has 1 aromatic carbocycles. The van der Waals surface area contributed by atoms with Gasteiger partial charge in [0.1, 0.15) is 0 Å². The van der Waals surface area contributed by atoms with E-state index in [0.717, 1.165) is 30.5 Å². The molecule has 2 aliphatic rings. The second kappa shape index (κ2) is 5.51. The van der Waals surface area contributed by atoms with Crippen LogP contribution in [0.3, 0.4) is 0 Å². The van der Waals surface area contributed by atoms with Crippen LogP contribution in [0, 0.1) is 0 Å². The van der Waals surface area contributed by atoms with Crippen LogP contribution in [0.25, 0.3) is 0 Å². The molecule has 1 aromatic rings. The molecule has 0 aromatic heterocycles. The number of nitrogens with one attached hydrogen (secondary N) is 2. The summed E-state index contributed by atoms with van der Waals surface area (Å²) in [6.07, 6.45) is 4.68. The molecule has 1 fully saturated rings. The summed E-state index contributed by atoms with van der Waals surface area (Å²) in [6.45, 7) is 1.47. The van der Waals surface area contributed by atoms with Gasteiger partial charge in [-0.2, -0.15) is 0 Å². The van der Waals surface area contributed by atoms with Crippen LogP contribution in [0.1, 0.15) is 42.7 Å². The van der Waals surface area contributed by atoms with E-state index in [1.807, 2.05) is 18.2 Å². The van der Waals surface area contributed by atoms with Gasteiger partial charge >= 0.3 is 0 Å². The number of rotatable bonds is 2. The number of halogens is 1. The van der Waals surface area contributed by atoms with Crippen molar-refractivity contribution >= 4 is 17.5 Å². The van der Waals surface area contributed by atoms with Crippen molar-refractivity contribution in [1.29, 1.82) is 0 Å². The number of carbonyl (C=O) groups excluding carboxylic acids is 1. The molecule has 1 heterocycles. The minimum absolute atomic E-state index is 0.119. The lowest BCUT2D eigenvalue weighted by Gasteiger charge is -2.27. The second-order valence-corrected chi connectivity index (χ2v) is 5.89. The van der Waals surface area contributed by atoms with Gasteiger partial charge in [-0.3, -0.25) is 4.79 Å². The molecule has 1 saturated carbocycles. The SMILES string of the molecule is O=C(NC1CCCC1)C1CNCc2cccc(Cl)c21. The molecule has 0 saturated heterocycles. The molecule has 1 amide bonds. The first-order valence-electron chi connectivity index (χ1n) is 7.04. The molecule has 2 N–H and O–H groups in total. The number of carbonyl (C=O) groups is 1. The van der Waals surface area contributed by atoms with E-state index in [2.05, 4.69) is 10.6 Å². The summed E-state index contributed by atoms with van der Waals surface area (Å²) in [5.74, 6) is -0.0356. The van der Waals surface area contributed by atoms with E-state index in [1.165, 1.54) is 12.8 Å². The Labute approximate surface area is 118 Å². The Morgan fingerprint density at radius 3 is 2.89 bits per heavy atom. The lowest BCUT2D eigenvalue weighted by Crippen LogP contribution is -2.42. The van der Waals surface area contributed by atoms with E-state index in [4.69, 9.17) is 11.6 Å². The third-order valence-corrected chi connectivity index (χ3v) is 4.50. The summed E-state index contributed by atoms with van der Waals surface area (Å²) in [5.41, 5.74) is 2.16. The van der Waals surface area contributed by atoms with Crippen LogP contribution in [0.5, 0.6) is 0 Å². The molecule has 19 heavy (non-hydrogen) atoms. The third kappa shape index (κ3) is 2.63. The first-order valence-corrected chi connectivity index (χ1v) is 7.42. The van der Waals surface area contributed by atoms with Crippen LogP contribution in [0.15, 0.2) is 18.2 Å². The van der Waals surface area contributed by atoms with Crippen molar-refractivity contribution in [1.82, 2.24) is 10.6 Å². The highest BCUT2D eigenvalue weighted by atomic mass is 35.5. The van der Waals surface area contributed by atoms with Gasteiger partial charge in [0.25, 0.3) is 0 Å². The van der Waals surface area contributed by atoms with E-state index in [9.17, 15) is 4.79 Å². The zero-order chi connectivity index (χ0) is 13.2. The maximum atomic E-state index is 12.5. The van der Waals surface area contributed by atoms with Gasteiger partial charge in [0.05, 0.1) is 5.92 Å². The van der Waals surface area contributed by atoms with Gasteiger partial charge in [0.2, 0.25) is 5.91 Å². The van der Waals surface area contributed by atoms with Crippen LogP contribution < -0.4 is 10.6 Å². The molecule has 3 rings (SSSR count). The standard InChI is InChI=1S/C15H19ClN2O/c16-13-7-3-4-10-8-17-9-12(14(10)13)15(19)18-11-5-1-2-6-11/h3-4,7,11-12,17H,1-2,5-6,8-9H2,(H,18,19). The van der Waals surface area contributed by atoms with Crippen molar-refractivity contribution in [2.45, 2.75) is 44.2 Å². The molecule has 0 radical (unpaired) electrons. The van der Waals surface area contributed by atoms with Crippen LogP contribution >= 0.6 is 11.6 Å². The van der Waals surface area contributed by atoms with Crippen LogP contribution in [-0.2, 0) is 11.3 Å². The van der Waals surface area contributed by atoms with Crippen molar-refractivity contribution in [2.75, 3.05) is 6.54 Å². The van der Waals surface area contributed by atoms with Gasteiger partial charge in [-0.15, -0.1) is 0 Å². The van der Waals surface area contributed by atoms with Gasteiger partial charge in [-0.1, -0.05) is 36.6 Å². The lowest BCUT2D eigenvalue weighted by atomic mass is 9.90. The molecule has 1 aliphatic heterocycles. The van der Waals surface area contributed by atoms with Gasteiger partial charge in [0.15, 0.2) is 0 Å². The van der Waals surface area contributed by atoms with Crippen molar-refractivity contribution in [3.63, 3.8) is 0 Å².